The first-order valence-electron chi connectivity index (χ1n) is 7.35. The van der Waals surface area contributed by atoms with Gasteiger partial charge in [-0.1, -0.05) is 18.2 Å². The van der Waals surface area contributed by atoms with E-state index in [1.54, 1.807) is 19.1 Å². The van der Waals surface area contributed by atoms with Crippen LogP contribution in [0.3, 0.4) is 0 Å². The summed E-state index contributed by atoms with van der Waals surface area (Å²) in [7, 11) is 0. The minimum absolute atomic E-state index is 0.314. The number of benzene rings is 1. The lowest BCUT2D eigenvalue weighted by Gasteiger charge is -2.09. The number of aliphatic hydroxyl groups excluding tert-OH is 1. The third-order valence-corrected chi connectivity index (χ3v) is 4.29. The second-order valence-corrected chi connectivity index (χ2v) is 6.15. The highest BCUT2D eigenvalue weighted by Gasteiger charge is 2.11. The van der Waals surface area contributed by atoms with E-state index in [0.29, 0.717) is 24.4 Å². The molecule has 0 fully saturated rings. The molecule has 0 spiro atoms. The number of carbonyl (C=O) groups excluding carboxylic acids is 1. The number of ether oxygens (including phenoxy) is 1. The van der Waals surface area contributed by atoms with Crippen LogP contribution in [-0.4, -0.2) is 17.7 Å². The molecule has 116 valence electrons. The summed E-state index contributed by atoms with van der Waals surface area (Å²) in [5, 5.41) is 9.80. The van der Waals surface area contributed by atoms with Gasteiger partial charge in [-0.15, -0.1) is 0 Å². The van der Waals surface area contributed by atoms with E-state index >= 15 is 0 Å². The smallest absolute Gasteiger partial charge is 0.338 e. The van der Waals surface area contributed by atoms with Crippen LogP contribution in [0, 0.1) is 3.57 Å². The van der Waals surface area contributed by atoms with Crippen molar-refractivity contribution in [2.75, 3.05) is 6.61 Å². The Kier molecular flexibility index (Phi) is 6.24. The van der Waals surface area contributed by atoms with Crippen LogP contribution < -0.4 is 0 Å². The molecule has 0 radical (unpaired) electrons. The van der Waals surface area contributed by atoms with Gasteiger partial charge in [0.05, 0.1) is 17.9 Å². The Balaban J connectivity index is 2.42. The van der Waals surface area contributed by atoms with Crippen molar-refractivity contribution in [3.8, 4) is 0 Å². The molecular formula is C18H19IO3. The fourth-order valence-corrected chi connectivity index (χ4v) is 2.85. The van der Waals surface area contributed by atoms with Crippen molar-refractivity contribution in [2.45, 2.75) is 26.2 Å². The molecule has 0 saturated heterocycles. The van der Waals surface area contributed by atoms with E-state index in [9.17, 15) is 9.90 Å². The average Bonchev–Trinajstić information content (AvgIpc) is 2.60. The number of halogens is 1. The third kappa shape index (κ3) is 4.47. The van der Waals surface area contributed by atoms with Gasteiger partial charge < -0.3 is 9.84 Å². The van der Waals surface area contributed by atoms with E-state index in [2.05, 4.69) is 28.7 Å². The van der Waals surface area contributed by atoms with Crippen LogP contribution in [0.4, 0.5) is 0 Å². The molecule has 1 N–H and O–H groups in total. The van der Waals surface area contributed by atoms with Gasteiger partial charge in [-0.3, -0.25) is 0 Å². The highest BCUT2D eigenvalue weighted by molar-refractivity contribution is 14.1. The zero-order chi connectivity index (χ0) is 15.9. The Hall–Kier alpha value is -1.56. The van der Waals surface area contributed by atoms with Crippen molar-refractivity contribution in [2.24, 2.45) is 0 Å². The number of hydrogen-bond acceptors (Lipinski definition) is 3. The number of carbonyl (C=O) groups is 1. The highest BCUT2D eigenvalue weighted by Crippen LogP contribution is 2.26. The van der Waals surface area contributed by atoms with Crippen molar-refractivity contribution >= 4 is 34.1 Å². The van der Waals surface area contributed by atoms with Crippen LogP contribution in [-0.2, 0) is 4.74 Å². The molecule has 2 rings (SSSR count). The average molecular weight is 410 g/mol. The lowest BCUT2D eigenvalue weighted by molar-refractivity contribution is 0.0526. The molecule has 0 aliphatic heterocycles. The molecule has 0 amide bonds. The Morgan fingerprint density at radius 1 is 1.36 bits per heavy atom. The Morgan fingerprint density at radius 3 is 2.95 bits per heavy atom. The number of rotatable bonds is 3. The minimum atomic E-state index is -0.314. The number of aliphatic hydroxyl groups is 1. The first kappa shape index (κ1) is 16.8. The van der Waals surface area contributed by atoms with Gasteiger partial charge in [0, 0.05) is 9.99 Å². The maximum absolute atomic E-state index is 11.9. The quantitative estimate of drug-likeness (QED) is 0.562. The number of esters is 1. The molecule has 0 heterocycles. The van der Waals surface area contributed by atoms with E-state index in [1.807, 2.05) is 24.3 Å². The van der Waals surface area contributed by atoms with Crippen molar-refractivity contribution < 1.29 is 14.6 Å². The van der Waals surface area contributed by atoms with Crippen LogP contribution in [0.25, 0.3) is 5.57 Å². The van der Waals surface area contributed by atoms with Crippen LogP contribution in [0.15, 0.2) is 48.3 Å². The highest BCUT2D eigenvalue weighted by atomic mass is 127. The van der Waals surface area contributed by atoms with Gasteiger partial charge in [0.15, 0.2) is 0 Å². The van der Waals surface area contributed by atoms with Crippen molar-refractivity contribution in [1.82, 2.24) is 0 Å². The summed E-state index contributed by atoms with van der Waals surface area (Å²) in [5.74, 6) is 0.0731. The molecule has 0 bridgehead atoms. The molecule has 1 aromatic rings. The lowest BCUT2D eigenvalue weighted by atomic mass is 10.0. The summed E-state index contributed by atoms with van der Waals surface area (Å²) < 4.78 is 6.11. The third-order valence-electron chi connectivity index (χ3n) is 3.34. The second-order valence-electron chi connectivity index (χ2n) is 4.99. The van der Waals surface area contributed by atoms with Crippen LogP contribution in [0.1, 0.15) is 42.1 Å². The van der Waals surface area contributed by atoms with E-state index in [0.717, 1.165) is 27.5 Å². The zero-order valence-corrected chi connectivity index (χ0v) is 14.7. The van der Waals surface area contributed by atoms with Gasteiger partial charge in [-0.05, 0) is 77.8 Å². The van der Waals surface area contributed by atoms with E-state index in [-0.39, 0.29) is 5.97 Å². The first-order chi connectivity index (χ1) is 10.6. The number of hydrogen-bond donors (Lipinski definition) is 1. The van der Waals surface area contributed by atoms with E-state index < -0.39 is 0 Å². The summed E-state index contributed by atoms with van der Waals surface area (Å²) in [5.41, 5.74) is 2.48. The van der Waals surface area contributed by atoms with Gasteiger partial charge in [-0.25, -0.2) is 4.79 Å². The Bertz CT molecular complexity index is 642. The predicted molar refractivity (Wildman–Crippen MR) is 96.8 cm³/mol. The topological polar surface area (TPSA) is 46.5 Å². The van der Waals surface area contributed by atoms with Crippen molar-refractivity contribution in [3.05, 3.63) is 63.0 Å². The largest absolute Gasteiger partial charge is 0.512 e. The predicted octanol–water partition coefficient (Wildman–Crippen LogP) is 5.03. The Labute approximate surface area is 144 Å². The summed E-state index contributed by atoms with van der Waals surface area (Å²) in [6.07, 6.45) is 10.3. The monoisotopic (exact) mass is 410 g/mol. The van der Waals surface area contributed by atoms with Gasteiger partial charge in [0.1, 0.15) is 0 Å². The van der Waals surface area contributed by atoms with Crippen LogP contribution in [0.5, 0.6) is 0 Å². The normalized spacial score (nSPS) is 21.4. The standard InChI is InChI=1S/C18H19IO3/c1-2-22-18(21)14-9-11-17(19)16(12-14)13-6-4-3-5-7-15(20)10-8-13/h4,6,8-12,20H,2-3,5,7H2,1H3/b6-4+,13-8+,15-10+. The second kappa shape index (κ2) is 8.17. The van der Waals surface area contributed by atoms with Gasteiger partial charge in [0.2, 0.25) is 0 Å². The first-order valence-corrected chi connectivity index (χ1v) is 8.43. The van der Waals surface area contributed by atoms with Crippen LogP contribution in [0.2, 0.25) is 0 Å². The summed E-state index contributed by atoms with van der Waals surface area (Å²) in [6, 6.07) is 5.53. The van der Waals surface area contributed by atoms with Gasteiger partial charge >= 0.3 is 5.97 Å². The van der Waals surface area contributed by atoms with Gasteiger partial charge in [-0.2, -0.15) is 0 Å². The Morgan fingerprint density at radius 2 is 2.18 bits per heavy atom. The maximum atomic E-state index is 11.9. The zero-order valence-electron chi connectivity index (χ0n) is 12.5. The molecule has 0 aromatic heterocycles. The van der Waals surface area contributed by atoms with Crippen LogP contribution >= 0.6 is 22.6 Å². The van der Waals surface area contributed by atoms with E-state index in [1.165, 1.54) is 0 Å². The maximum Gasteiger partial charge on any atom is 0.338 e. The van der Waals surface area contributed by atoms with Gasteiger partial charge in [0.25, 0.3) is 0 Å². The molecule has 1 aliphatic carbocycles. The fraction of sp³-hybridized carbons (Fsp3) is 0.278. The molecule has 0 unspecified atom stereocenters. The molecule has 1 aromatic carbocycles. The van der Waals surface area contributed by atoms with E-state index in [4.69, 9.17) is 4.74 Å². The molecule has 0 saturated carbocycles. The fourth-order valence-electron chi connectivity index (χ4n) is 2.20. The molecule has 1 aliphatic rings. The van der Waals surface area contributed by atoms with Crippen molar-refractivity contribution in [3.63, 3.8) is 0 Å². The summed E-state index contributed by atoms with van der Waals surface area (Å²) in [6.45, 7) is 2.15. The number of allylic oxidation sites excluding steroid dienone is 6. The minimum Gasteiger partial charge on any atom is -0.512 e. The van der Waals surface area contributed by atoms with Crippen molar-refractivity contribution in [1.29, 1.82) is 0 Å². The molecule has 3 nitrogen and oxygen atoms in total. The molecule has 22 heavy (non-hydrogen) atoms. The molecule has 0 atom stereocenters. The molecular weight excluding hydrogens is 391 g/mol. The molecule has 4 heteroatoms. The SMILES string of the molecule is CCOC(=O)c1ccc(I)c(C2=C/C=C(/O)CCC\C=C\2)c1. The summed E-state index contributed by atoms with van der Waals surface area (Å²) in [4.78, 5) is 11.9. The summed E-state index contributed by atoms with van der Waals surface area (Å²) >= 11 is 2.25. The lowest BCUT2D eigenvalue weighted by Crippen LogP contribution is -2.05.